The van der Waals surface area contributed by atoms with Crippen LogP contribution in [0.3, 0.4) is 0 Å². The number of amides is 2. The number of primary amides is 2. The Kier molecular flexibility index (Phi) is 7.39. The first kappa shape index (κ1) is 12.2. The average molecular weight is 164 g/mol. The van der Waals surface area contributed by atoms with E-state index in [1.807, 2.05) is 0 Å². The number of hydrogen-bond donors (Lipinski definition) is 4. The van der Waals surface area contributed by atoms with E-state index in [4.69, 9.17) is 15.0 Å². The van der Waals surface area contributed by atoms with E-state index in [0.29, 0.717) is 0 Å². The predicted molar refractivity (Wildman–Crippen MR) is 33.1 cm³/mol. The Morgan fingerprint density at radius 3 is 1.55 bits per heavy atom. The average Bonchev–Trinajstić information content (AvgIpc) is 1.85. The second-order valence-electron chi connectivity index (χ2n) is 1.30. The van der Waals surface area contributed by atoms with Gasteiger partial charge in [0.25, 0.3) is 5.78 Å². The summed E-state index contributed by atoms with van der Waals surface area (Å²) in [6.45, 7) is 0. The van der Waals surface area contributed by atoms with Crippen LogP contribution in [0.4, 0.5) is 4.79 Å². The van der Waals surface area contributed by atoms with Crippen molar-refractivity contribution in [1.82, 2.24) is 0 Å². The van der Waals surface area contributed by atoms with Gasteiger partial charge in [-0.3, -0.25) is 9.59 Å². The zero-order valence-corrected chi connectivity index (χ0v) is 5.43. The summed E-state index contributed by atoms with van der Waals surface area (Å²) in [6, 6.07) is -0.833. The van der Waals surface area contributed by atoms with E-state index in [-0.39, 0.29) is 6.29 Å². The third kappa shape index (κ3) is 17.7. The molecule has 0 aromatic carbocycles. The Hall–Kier alpha value is -1.47. The van der Waals surface area contributed by atoms with Gasteiger partial charge in [-0.2, -0.15) is 0 Å². The van der Waals surface area contributed by atoms with Gasteiger partial charge < -0.3 is 21.7 Å². The molecule has 0 saturated heterocycles. The molecule has 2 amide bonds. The minimum atomic E-state index is -2.14. The highest BCUT2D eigenvalue weighted by molar-refractivity contribution is 6.26. The third-order valence-electron chi connectivity index (χ3n) is 0.371. The van der Waals surface area contributed by atoms with Crippen LogP contribution in [-0.4, -0.2) is 34.6 Å². The summed E-state index contributed by atoms with van der Waals surface area (Å²) in [5.41, 5.74) is 8.50. The highest BCUT2D eigenvalue weighted by Gasteiger charge is 2.06. The van der Waals surface area contributed by atoms with Crippen molar-refractivity contribution in [2.24, 2.45) is 11.5 Å². The number of rotatable bonds is 2. The summed E-state index contributed by atoms with van der Waals surface area (Å²) in [5.74, 6) is -1.22. The summed E-state index contributed by atoms with van der Waals surface area (Å²) in [6.07, 6.45) is -2.29. The molecule has 0 aromatic rings. The van der Waals surface area contributed by atoms with Crippen LogP contribution in [-0.2, 0) is 9.59 Å². The normalized spacial score (nSPS) is 7.91. The van der Waals surface area contributed by atoms with Crippen LogP contribution in [0.25, 0.3) is 0 Å². The quantitative estimate of drug-likeness (QED) is 0.196. The van der Waals surface area contributed by atoms with Gasteiger partial charge in [0.1, 0.15) is 0 Å². The lowest BCUT2D eigenvalue weighted by Gasteiger charge is -1.89. The van der Waals surface area contributed by atoms with Crippen molar-refractivity contribution < 1.29 is 24.6 Å². The van der Waals surface area contributed by atoms with E-state index in [2.05, 4.69) is 11.5 Å². The summed E-state index contributed by atoms with van der Waals surface area (Å²) in [7, 11) is 0. The minimum absolute atomic E-state index is 0.148. The van der Waals surface area contributed by atoms with Crippen molar-refractivity contribution in [3.63, 3.8) is 0 Å². The number of carbonyl (C=O) groups is 3. The summed E-state index contributed by atoms with van der Waals surface area (Å²) in [4.78, 5) is 27.9. The van der Waals surface area contributed by atoms with Gasteiger partial charge in [0.15, 0.2) is 6.29 Å². The van der Waals surface area contributed by atoms with E-state index in [0.717, 1.165) is 0 Å². The SMILES string of the molecule is NC(N)=O.O=CC(=O)C(O)O. The van der Waals surface area contributed by atoms with E-state index < -0.39 is 18.1 Å². The molecule has 7 nitrogen and oxygen atoms in total. The van der Waals surface area contributed by atoms with Crippen LogP contribution >= 0.6 is 0 Å². The summed E-state index contributed by atoms with van der Waals surface area (Å²) in [5, 5.41) is 15.6. The monoisotopic (exact) mass is 164 g/mol. The second-order valence-corrected chi connectivity index (χ2v) is 1.30. The lowest BCUT2D eigenvalue weighted by Crippen LogP contribution is -2.19. The molecule has 6 N–H and O–H groups in total. The van der Waals surface area contributed by atoms with Crippen molar-refractivity contribution in [1.29, 1.82) is 0 Å². The lowest BCUT2D eigenvalue weighted by atomic mass is 10.4. The van der Waals surface area contributed by atoms with Gasteiger partial charge >= 0.3 is 6.03 Å². The maximum Gasteiger partial charge on any atom is 0.309 e. The fourth-order valence-corrected chi connectivity index (χ4v) is 0.0609. The largest absolute Gasteiger partial charge is 0.362 e. The molecule has 0 atom stereocenters. The number of aliphatic hydroxyl groups is 2. The van der Waals surface area contributed by atoms with Crippen molar-refractivity contribution in [3.8, 4) is 0 Å². The molecule has 11 heavy (non-hydrogen) atoms. The number of aldehydes is 1. The highest BCUT2D eigenvalue weighted by atomic mass is 16.5. The van der Waals surface area contributed by atoms with Gasteiger partial charge in [-0.15, -0.1) is 0 Å². The smallest absolute Gasteiger partial charge is 0.309 e. The van der Waals surface area contributed by atoms with Crippen molar-refractivity contribution in [2.75, 3.05) is 0 Å². The molecule has 0 spiro atoms. The molecule has 64 valence electrons. The number of Topliss-reactive ketones (excluding diaryl/α,β-unsaturated/α-hetero) is 1. The van der Waals surface area contributed by atoms with Crippen molar-refractivity contribution in [2.45, 2.75) is 6.29 Å². The van der Waals surface area contributed by atoms with Crippen LogP contribution in [0, 0.1) is 0 Å². The van der Waals surface area contributed by atoms with Crippen LogP contribution in [0.2, 0.25) is 0 Å². The van der Waals surface area contributed by atoms with Crippen molar-refractivity contribution >= 4 is 18.1 Å². The molecular formula is C4H8N2O5. The number of aliphatic hydroxyl groups excluding tert-OH is 1. The predicted octanol–water partition coefficient (Wildman–Crippen LogP) is -2.91. The van der Waals surface area contributed by atoms with E-state index in [1.165, 1.54) is 0 Å². The minimum Gasteiger partial charge on any atom is -0.362 e. The van der Waals surface area contributed by atoms with Gasteiger partial charge in [0, 0.05) is 0 Å². The van der Waals surface area contributed by atoms with Gasteiger partial charge in [-0.1, -0.05) is 0 Å². The number of urea groups is 1. The molecule has 0 radical (unpaired) electrons. The molecule has 7 heteroatoms. The van der Waals surface area contributed by atoms with Crippen LogP contribution in [0.5, 0.6) is 0 Å². The maximum absolute atomic E-state index is 9.64. The van der Waals surface area contributed by atoms with Gasteiger partial charge in [0.05, 0.1) is 0 Å². The first-order chi connectivity index (χ1) is 4.91. The van der Waals surface area contributed by atoms with Gasteiger partial charge in [0.2, 0.25) is 6.29 Å². The molecule has 0 unspecified atom stereocenters. The Morgan fingerprint density at radius 1 is 1.27 bits per heavy atom. The number of nitrogens with two attached hydrogens (primary N) is 2. The van der Waals surface area contributed by atoms with E-state index in [9.17, 15) is 9.59 Å². The van der Waals surface area contributed by atoms with E-state index in [1.54, 1.807) is 0 Å². The van der Waals surface area contributed by atoms with Crippen LogP contribution in [0.1, 0.15) is 0 Å². The number of carbonyl (C=O) groups excluding carboxylic acids is 3. The molecule has 0 heterocycles. The Labute approximate surface area is 61.6 Å². The fourth-order valence-electron chi connectivity index (χ4n) is 0.0609. The Balaban J connectivity index is 0. The molecule has 0 aromatic heterocycles. The zero-order valence-electron chi connectivity index (χ0n) is 5.43. The molecule has 0 rings (SSSR count). The third-order valence-corrected chi connectivity index (χ3v) is 0.371. The molecule has 0 aliphatic heterocycles. The number of ketones is 1. The molecule has 0 bridgehead atoms. The molecule has 0 saturated carbocycles. The first-order valence-corrected chi connectivity index (χ1v) is 2.32. The topological polar surface area (TPSA) is 144 Å². The Morgan fingerprint density at radius 2 is 1.55 bits per heavy atom. The van der Waals surface area contributed by atoms with Crippen molar-refractivity contribution in [3.05, 3.63) is 0 Å². The first-order valence-electron chi connectivity index (χ1n) is 2.32. The maximum atomic E-state index is 9.64. The van der Waals surface area contributed by atoms with E-state index >= 15 is 0 Å². The second kappa shape index (κ2) is 6.65. The zero-order chi connectivity index (χ0) is 9.44. The Bertz CT molecular complexity index is 151. The summed E-state index contributed by atoms with van der Waals surface area (Å²) < 4.78 is 0. The van der Waals surface area contributed by atoms with Crippen LogP contribution < -0.4 is 11.5 Å². The number of hydrogen-bond acceptors (Lipinski definition) is 5. The lowest BCUT2D eigenvalue weighted by molar-refractivity contribution is -0.148. The fraction of sp³-hybridized carbons (Fsp3) is 0.250. The molecular weight excluding hydrogens is 156 g/mol. The highest BCUT2D eigenvalue weighted by Crippen LogP contribution is 1.70. The summed E-state index contributed by atoms with van der Waals surface area (Å²) >= 11 is 0. The molecule has 0 aliphatic carbocycles. The molecule has 0 fully saturated rings. The molecule has 0 aliphatic rings. The van der Waals surface area contributed by atoms with Gasteiger partial charge in [-0.25, -0.2) is 4.79 Å². The van der Waals surface area contributed by atoms with Gasteiger partial charge in [-0.05, 0) is 0 Å². The van der Waals surface area contributed by atoms with Crippen LogP contribution in [0.15, 0.2) is 0 Å². The standard InChI is InChI=1S/C3H4O4.CH4N2O/c4-1-2(5)3(6)7;2-1(3)4/h1,3,6-7H;(H4,2,3,4).